The number of nitrogens with one attached hydrogen (secondary N) is 2. The molecule has 1 aromatic rings. The normalized spacial score (nSPS) is 14.9. The van der Waals surface area contributed by atoms with E-state index in [2.05, 4.69) is 15.6 Å². The lowest BCUT2D eigenvalue weighted by Gasteiger charge is -2.33. The third-order valence-corrected chi connectivity index (χ3v) is 5.20. The minimum Gasteiger partial charge on any atom is -0.493 e. The summed E-state index contributed by atoms with van der Waals surface area (Å²) in [6, 6.07) is 5.96. The van der Waals surface area contributed by atoms with Crippen LogP contribution in [0.1, 0.15) is 39.2 Å². The van der Waals surface area contributed by atoms with Gasteiger partial charge in [0.05, 0.1) is 14.2 Å². The summed E-state index contributed by atoms with van der Waals surface area (Å²) >= 11 is 0. The highest BCUT2D eigenvalue weighted by Gasteiger charge is 2.26. The molecule has 1 heterocycles. The van der Waals surface area contributed by atoms with E-state index in [0.717, 1.165) is 68.5 Å². The van der Waals surface area contributed by atoms with E-state index in [4.69, 9.17) is 14.2 Å². The largest absolute Gasteiger partial charge is 0.493 e. The van der Waals surface area contributed by atoms with E-state index >= 15 is 0 Å². The van der Waals surface area contributed by atoms with Gasteiger partial charge in [-0.15, -0.1) is 24.0 Å². The van der Waals surface area contributed by atoms with E-state index in [9.17, 15) is 4.79 Å². The van der Waals surface area contributed by atoms with Gasteiger partial charge >= 0.3 is 6.09 Å². The van der Waals surface area contributed by atoms with Gasteiger partial charge in [0.1, 0.15) is 5.60 Å². The molecular formula is C23H39IN4O4. The molecular weight excluding hydrogens is 523 g/mol. The molecule has 8 nitrogen and oxygen atoms in total. The number of methoxy groups -OCH3 is 2. The average Bonchev–Trinajstić information content (AvgIpc) is 2.75. The van der Waals surface area contributed by atoms with Crippen LogP contribution in [0.2, 0.25) is 0 Å². The number of halogens is 1. The first-order valence-corrected chi connectivity index (χ1v) is 10.9. The number of rotatable bonds is 7. The highest BCUT2D eigenvalue weighted by Crippen LogP contribution is 2.27. The summed E-state index contributed by atoms with van der Waals surface area (Å²) in [4.78, 5) is 18.3. The van der Waals surface area contributed by atoms with Gasteiger partial charge < -0.3 is 29.7 Å². The van der Waals surface area contributed by atoms with Crippen molar-refractivity contribution in [1.82, 2.24) is 15.5 Å². The molecule has 0 radical (unpaired) electrons. The molecule has 0 unspecified atom stereocenters. The number of carbonyl (C=O) groups is 1. The first-order chi connectivity index (χ1) is 14.8. The first-order valence-electron chi connectivity index (χ1n) is 10.9. The Morgan fingerprint density at radius 2 is 1.78 bits per heavy atom. The second-order valence-electron chi connectivity index (χ2n) is 8.73. The molecule has 2 N–H and O–H groups in total. The van der Waals surface area contributed by atoms with Gasteiger partial charge in [-0.05, 0) is 63.6 Å². The number of hydrogen-bond acceptors (Lipinski definition) is 5. The number of aliphatic imine (C=N–C) groups is 1. The molecule has 0 saturated carbocycles. The van der Waals surface area contributed by atoms with Crippen LogP contribution in [0.25, 0.3) is 0 Å². The highest BCUT2D eigenvalue weighted by molar-refractivity contribution is 14.0. The summed E-state index contributed by atoms with van der Waals surface area (Å²) < 4.78 is 16.1. The fraction of sp³-hybridized carbons (Fsp3) is 0.652. The number of carbonyl (C=O) groups excluding carboxylic acids is 1. The first kappa shape index (κ1) is 28.1. The summed E-state index contributed by atoms with van der Waals surface area (Å²) in [5, 5.41) is 6.77. The molecule has 1 amide bonds. The summed E-state index contributed by atoms with van der Waals surface area (Å²) in [6.45, 7) is 8.73. The molecule has 32 heavy (non-hydrogen) atoms. The molecule has 0 bridgehead atoms. The zero-order chi connectivity index (χ0) is 22.9. The van der Waals surface area contributed by atoms with Crippen LogP contribution in [0, 0.1) is 5.92 Å². The maximum absolute atomic E-state index is 12.2. The Morgan fingerprint density at radius 1 is 1.12 bits per heavy atom. The van der Waals surface area contributed by atoms with Crippen LogP contribution in [0.4, 0.5) is 4.79 Å². The second-order valence-corrected chi connectivity index (χ2v) is 8.73. The van der Waals surface area contributed by atoms with Crippen molar-refractivity contribution in [1.29, 1.82) is 0 Å². The molecule has 9 heteroatoms. The predicted molar refractivity (Wildman–Crippen MR) is 139 cm³/mol. The number of likely N-dealkylation sites (tertiary alicyclic amines) is 1. The standard InChI is InChI=1S/C23H38N4O4.HI/c1-23(2,3)31-22(28)27-13-10-18(11-14-27)16-26-21(24-4)25-12-9-17-7-8-19(29-5)20(15-17)30-6;/h7-8,15,18H,9-14,16H2,1-6H3,(H2,24,25,26);1H. The molecule has 0 spiro atoms. The number of nitrogens with zero attached hydrogens (tertiary/aromatic N) is 2. The van der Waals surface area contributed by atoms with E-state index in [1.54, 1.807) is 26.2 Å². The molecule has 0 aliphatic carbocycles. The Bertz CT molecular complexity index is 744. The van der Waals surface area contributed by atoms with Gasteiger partial charge in [-0.2, -0.15) is 0 Å². The van der Waals surface area contributed by atoms with Crippen LogP contribution in [0.15, 0.2) is 23.2 Å². The lowest BCUT2D eigenvalue weighted by molar-refractivity contribution is 0.0185. The molecule has 1 aliphatic heterocycles. The number of hydrogen-bond donors (Lipinski definition) is 2. The van der Waals surface area contributed by atoms with Crippen molar-refractivity contribution < 1.29 is 19.0 Å². The fourth-order valence-corrected chi connectivity index (χ4v) is 3.47. The Kier molecular flexibility index (Phi) is 11.9. The molecule has 0 atom stereocenters. The van der Waals surface area contributed by atoms with E-state index in [1.807, 2.05) is 39.0 Å². The summed E-state index contributed by atoms with van der Waals surface area (Å²) in [7, 11) is 5.05. The minimum atomic E-state index is -0.454. The fourth-order valence-electron chi connectivity index (χ4n) is 3.47. The predicted octanol–water partition coefficient (Wildman–Crippen LogP) is 3.68. The van der Waals surface area contributed by atoms with Gasteiger partial charge in [0.15, 0.2) is 17.5 Å². The Hall–Kier alpha value is -1.91. The maximum atomic E-state index is 12.2. The van der Waals surface area contributed by atoms with Crippen molar-refractivity contribution in [3.8, 4) is 11.5 Å². The molecule has 2 rings (SSSR count). The van der Waals surface area contributed by atoms with Crippen LogP contribution in [0.5, 0.6) is 11.5 Å². The molecule has 0 aromatic heterocycles. The Balaban J connectivity index is 0.00000512. The molecule has 1 saturated heterocycles. The molecule has 182 valence electrons. The van der Waals surface area contributed by atoms with E-state index < -0.39 is 5.60 Å². The summed E-state index contributed by atoms with van der Waals surface area (Å²) in [5.41, 5.74) is 0.708. The monoisotopic (exact) mass is 562 g/mol. The molecule has 1 aliphatic rings. The SMILES string of the molecule is CN=C(NCCc1ccc(OC)c(OC)c1)NCC1CCN(C(=O)OC(C)(C)C)CC1.I. The molecule has 1 fully saturated rings. The number of amides is 1. The van der Waals surface area contributed by atoms with Crippen molar-refractivity contribution in [2.45, 2.75) is 45.6 Å². The summed E-state index contributed by atoms with van der Waals surface area (Å²) in [5.74, 6) is 2.76. The average molecular weight is 562 g/mol. The topological polar surface area (TPSA) is 84.4 Å². The molecule has 1 aromatic carbocycles. The maximum Gasteiger partial charge on any atom is 0.410 e. The van der Waals surface area contributed by atoms with Crippen LogP contribution < -0.4 is 20.1 Å². The van der Waals surface area contributed by atoms with Crippen molar-refractivity contribution in [3.63, 3.8) is 0 Å². The van der Waals surface area contributed by atoms with Crippen LogP contribution in [0.3, 0.4) is 0 Å². The van der Waals surface area contributed by atoms with Crippen molar-refractivity contribution in [2.24, 2.45) is 10.9 Å². The number of guanidine groups is 1. The van der Waals surface area contributed by atoms with E-state index in [1.165, 1.54) is 0 Å². The smallest absolute Gasteiger partial charge is 0.410 e. The van der Waals surface area contributed by atoms with Crippen molar-refractivity contribution in [3.05, 3.63) is 23.8 Å². The minimum absolute atomic E-state index is 0. The number of ether oxygens (including phenoxy) is 3. The summed E-state index contributed by atoms with van der Waals surface area (Å²) in [6.07, 6.45) is 2.53. The van der Waals surface area contributed by atoms with Gasteiger partial charge in [-0.1, -0.05) is 6.07 Å². The quantitative estimate of drug-likeness (QED) is 0.300. The van der Waals surface area contributed by atoms with Crippen molar-refractivity contribution >= 4 is 36.0 Å². The third kappa shape index (κ3) is 9.30. The van der Waals surface area contributed by atoms with Gasteiger partial charge in [0, 0.05) is 33.2 Å². The number of piperidine rings is 1. The highest BCUT2D eigenvalue weighted by atomic mass is 127. The number of benzene rings is 1. The van der Waals surface area contributed by atoms with Crippen LogP contribution >= 0.6 is 24.0 Å². The van der Waals surface area contributed by atoms with Crippen molar-refractivity contribution in [2.75, 3.05) is 47.4 Å². The third-order valence-electron chi connectivity index (χ3n) is 5.20. The Labute approximate surface area is 209 Å². The van der Waals surface area contributed by atoms with Gasteiger partial charge in [0.25, 0.3) is 0 Å². The second kappa shape index (κ2) is 13.6. The lowest BCUT2D eigenvalue weighted by atomic mass is 9.97. The zero-order valence-electron chi connectivity index (χ0n) is 20.2. The van der Waals surface area contributed by atoms with Gasteiger partial charge in [-0.25, -0.2) is 4.79 Å². The van der Waals surface area contributed by atoms with Gasteiger partial charge in [0.2, 0.25) is 0 Å². The van der Waals surface area contributed by atoms with Gasteiger partial charge in [-0.3, -0.25) is 4.99 Å². The van der Waals surface area contributed by atoms with E-state index in [0.29, 0.717) is 5.92 Å². The van der Waals surface area contributed by atoms with E-state index in [-0.39, 0.29) is 30.1 Å². The zero-order valence-corrected chi connectivity index (χ0v) is 22.5. The Morgan fingerprint density at radius 3 is 2.34 bits per heavy atom. The van der Waals surface area contributed by atoms with Crippen LogP contribution in [-0.4, -0.2) is 70.0 Å². The van der Waals surface area contributed by atoms with Crippen LogP contribution in [-0.2, 0) is 11.2 Å². The lowest BCUT2D eigenvalue weighted by Crippen LogP contribution is -2.45.